The molecule has 0 heterocycles. The first kappa shape index (κ1) is 14.8. The highest BCUT2D eigenvalue weighted by atomic mass is 32.2. The molecule has 2 aromatic carbocycles. The van der Waals surface area contributed by atoms with Gasteiger partial charge in [0.15, 0.2) is 0 Å². The van der Waals surface area contributed by atoms with Crippen molar-refractivity contribution in [2.75, 3.05) is 0 Å². The largest absolute Gasteiger partial charge is 0.0901 e. The van der Waals surface area contributed by atoms with Crippen LogP contribution < -0.4 is 0 Å². The third-order valence-electron chi connectivity index (χ3n) is 1.72. The Hall–Kier alpha value is -1.21. The predicted octanol–water partition coefficient (Wildman–Crippen LogP) is 5.89. The van der Waals surface area contributed by atoms with Crippen molar-refractivity contribution >= 4 is 11.8 Å². The van der Waals surface area contributed by atoms with Gasteiger partial charge in [-0.25, -0.2) is 0 Å². The molecule has 0 aliphatic carbocycles. The van der Waals surface area contributed by atoms with Gasteiger partial charge < -0.3 is 0 Å². The Bertz CT molecular complexity index is 383. The molecule has 0 unspecified atom stereocenters. The summed E-state index contributed by atoms with van der Waals surface area (Å²) >= 11 is 1.79. The zero-order valence-corrected chi connectivity index (χ0v) is 12.5. The van der Waals surface area contributed by atoms with Crippen LogP contribution in [0.1, 0.15) is 27.7 Å². The van der Waals surface area contributed by atoms with Crippen molar-refractivity contribution in [3.05, 3.63) is 60.7 Å². The van der Waals surface area contributed by atoms with Crippen molar-refractivity contribution in [2.45, 2.75) is 37.5 Å². The summed E-state index contributed by atoms with van der Waals surface area (Å²) in [6, 6.07) is 20.8. The summed E-state index contributed by atoms with van der Waals surface area (Å²) in [5, 5.41) is 0. The molecule has 0 amide bonds. The molecular formula is C17H22S. The monoisotopic (exact) mass is 258 g/mol. The topological polar surface area (TPSA) is 0 Å². The highest BCUT2D eigenvalue weighted by Crippen LogP contribution is 2.26. The van der Waals surface area contributed by atoms with E-state index in [1.807, 2.05) is 12.1 Å². The second-order valence-corrected chi connectivity index (χ2v) is 6.88. The molecule has 0 aromatic heterocycles. The predicted molar refractivity (Wildman–Crippen MR) is 82.1 cm³/mol. The molecule has 0 saturated heterocycles. The molecule has 0 aliphatic heterocycles. The van der Waals surface area contributed by atoms with Crippen LogP contribution in [0.2, 0.25) is 0 Å². The average Bonchev–Trinajstić information content (AvgIpc) is 2.29. The van der Waals surface area contributed by atoms with Crippen molar-refractivity contribution in [1.29, 1.82) is 0 Å². The van der Waals surface area contributed by atoms with E-state index >= 15 is 0 Å². The molecule has 2 rings (SSSR count). The van der Waals surface area contributed by atoms with Gasteiger partial charge in [0.25, 0.3) is 0 Å². The minimum Gasteiger partial charge on any atom is -0.0901 e. The Kier molecular flexibility index (Phi) is 6.00. The highest BCUT2D eigenvalue weighted by Gasteiger charge is 1.95. The first-order valence-corrected chi connectivity index (χ1v) is 7.05. The lowest BCUT2D eigenvalue weighted by atomic mass is 10.0. The van der Waals surface area contributed by atoms with Gasteiger partial charge in [0.1, 0.15) is 0 Å². The molecular weight excluding hydrogens is 236 g/mol. The third kappa shape index (κ3) is 7.97. The lowest BCUT2D eigenvalue weighted by molar-refractivity contribution is 0.469. The molecule has 96 valence electrons. The maximum Gasteiger partial charge on any atom is 0.0122 e. The molecule has 0 aliphatic rings. The molecule has 0 fully saturated rings. The number of hydrogen-bond acceptors (Lipinski definition) is 1. The Morgan fingerprint density at radius 3 is 1.17 bits per heavy atom. The molecule has 0 nitrogen and oxygen atoms in total. The first-order valence-electron chi connectivity index (χ1n) is 6.23. The molecule has 0 N–H and O–H groups in total. The van der Waals surface area contributed by atoms with Crippen LogP contribution in [0, 0.1) is 5.41 Å². The zero-order chi connectivity index (χ0) is 13.4. The SMILES string of the molecule is CC(C)(C)C.c1ccc(Sc2ccccc2)cc1. The third-order valence-corrected chi connectivity index (χ3v) is 2.74. The fourth-order valence-electron chi connectivity index (χ4n) is 1.11. The standard InChI is InChI=1S/C12H10S.C5H12/c1-3-7-11(8-4-1)13-12-9-5-2-6-10-12;1-5(2,3)4/h1-10H;1-4H3. The molecule has 1 heteroatoms. The summed E-state index contributed by atoms with van der Waals surface area (Å²) in [4.78, 5) is 2.57. The summed E-state index contributed by atoms with van der Waals surface area (Å²) < 4.78 is 0. The second-order valence-electron chi connectivity index (χ2n) is 5.73. The zero-order valence-electron chi connectivity index (χ0n) is 11.7. The van der Waals surface area contributed by atoms with Crippen LogP contribution in [0.4, 0.5) is 0 Å². The maximum atomic E-state index is 2.19. The van der Waals surface area contributed by atoms with Gasteiger partial charge in [-0.3, -0.25) is 0 Å². The lowest BCUT2D eigenvalue weighted by Gasteiger charge is -2.05. The minimum absolute atomic E-state index is 0.500. The van der Waals surface area contributed by atoms with E-state index in [9.17, 15) is 0 Å². The fraction of sp³-hybridized carbons (Fsp3) is 0.294. The molecule has 0 spiro atoms. The van der Waals surface area contributed by atoms with Crippen molar-refractivity contribution in [2.24, 2.45) is 5.41 Å². The molecule has 0 radical (unpaired) electrons. The van der Waals surface area contributed by atoms with Gasteiger partial charge in [-0.05, 0) is 29.7 Å². The number of rotatable bonds is 2. The first-order chi connectivity index (χ1) is 8.45. The van der Waals surface area contributed by atoms with E-state index in [2.05, 4.69) is 76.2 Å². The van der Waals surface area contributed by atoms with Crippen molar-refractivity contribution in [3.63, 3.8) is 0 Å². The van der Waals surface area contributed by atoms with Crippen molar-refractivity contribution in [1.82, 2.24) is 0 Å². The number of hydrogen-bond donors (Lipinski definition) is 0. The van der Waals surface area contributed by atoms with Crippen molar-refractivity contribution in [3.8, 4) is 0 Å². The number of benzene rings is 2. The normalized spacial score (nSPS) is 10.4. The van der Waals surface area contributed by atoms with Crippen LogP contribution in [0.3, 0.4) is 0 Å². The van der Waals surface area contributed by atoms with Crippen LogP contribution >= 0.6 is 11.8 Å². The Balaban J connectivity index is 0.000000280. The van der Waals surface area contributed by atoms with E-state index in [4.69, 9.17) is 0 Å². The van der Waals surface area contributed by atoms with Gasteiger partial charge in [0.2, 0.25) is 0 Å². The van der Waals surface area contributed by atoms with E-state index in [1.54, 1.807) is 11.8 Å². The summed E-state index contributed by atoms with van der Waals surface area (Å²) in [7, 11) is 0. The smallest absolute Gasteiger partial charge is 0.0122 e. The van der Waals surface area contributed by atoms with Gasteiger partial charge in [-0.15, -0.1) is 0 Å². The van der Waals surface area contributed by atoms with Gasteiger partial charge in [0, 0.05) is 9.79 Å². The summed E-state index contributed by atoms with van der Waals surface area (Å²) in [6.45, 7) is 8.75. The molecule has 0 saturated carbocycles. The van der Waals surface area contributed by atoms with Gasteiger partial charge >= 0.3 is 0 Å². The molecule has 2 aromatic rings. The van der Waals surface area contributed by atoms with Gasteiger partial charge in [-0.1, -0.05) is 75.9 Å². The van der Waals surface area contributed by atoms with Crippen LogP contribution in [0.25, 0.3) is 0 Å². The van der Waals surface area contributed by atoms with E-state index in [0.717, 1.165) is 0 Å². The fourth-order valence-corrected chi connectivity index (χ4v) is 1.97. The Morgan fingerprint density at radius 1 is 0.611 bits per heavy atom. The molecule has 18 heavy (non-hydrogen) atoms. The summed E-state index contributed by atoms with van der Waals surface area (Å²) in [5.41, 5.74) is 0.500. The quantitative estimate of drug-likeness (QED) is 0.647. The van der Waals surface area contributed by atoms with Crippen molar-refractivity contribution < 1.29 is 0 Å². The van der Waals surface area contributed by atoms with Gasteiger partial charge in [-0.2, -0.15) is 0 Å². The average molecular weight is 258 g/mol. The Labute approximate surface area is 115 Å². The van der Waals surface area contributed by atoms with Crippen LogP contribution in [-0.2, 0) is 0 Å². The summed E-state index contributed by atoms with van der Waals surface area (Å²) in [6.07, 6.45) is 0. The molecule has 0 atom stereocenters. The van der Waals surface area contributed by atoms with Crippen LogP contribution in [-0.4, -0.2) is 0 Å². The second kappa shape index (κ2) is 7.27. The van der Waals surface area contributed by atoms with Gasteiger partial charge in [0.05, 0.1) is 0 Å². The maximum absolute atomic E-state index is 2.19. The highest BCUT2D eigenvalue weighted by molar-refractivity contribution is 7.99. The van der Waals surface area contributed by atoms with E-state index in [0.29, 0.717) is 5.41 Å². The Morgan fingerprint density at radius 2 is 0.889 bits per heavy atom. The van der Waals surface area contributed by atoms with Crippen LogP contribution in [0.15, 0.2) is 70.5 Å². The minimum atomic E-state index is 0.500. The molecule has 0 bridgehead atoms. The van der Waals surface area contributed by atoms with E-state index in [1.165, 1.54) is 9.79 Å². The van der Waals surface area contributed by atoms with Crippen LogP contribution in [0.5, 0.6) is 0 Å². The van der Waals surface area contributed by atoms with E-state index in [-0.39, 0.29) is 0 Å². The summed E-state index contributed by atoms with van der Waals surface area (Å²) in [5.74, 6) is 0. The van der Waals surface area contributed by atoms with E-state index < -0.39 is 0 Å². The lowest BCUT2D eigenvalue weighted by Crippen LogP contribution is -1.93.